The Hall–Kier alpha value is -1.40. The summed E-state index contributed by atoms with van der Waals surface area (Å²) in [7, 11) is 1.44. The molecular weight excluding hydrogens is 300 g/mol. The van der Waals surface area contributed by atoms with E-state index in [2.05, 4.69) is 21.1 Å². The molecule has 0 saturated heterocycles. The van der Waals surface area contributed by atoms with Crippen molar-refractivity contribution in [2.75, 3.05) is 13.7 Å². The van der Waals surface area contributed by atoms with Crippen molar-refractivity contribution in [1.82, 2.24) is 0 Å². The van der Waals surface area contributed by atoms with Crippen LogP contribution in [0.4, 0.5) is 0 Å². The maximum atomic E-state index is 10.8. The van der Waals surface area contributed by atoms with Crippen molar-refractivity contribution < 1.29 is 14.4 Å². The van der Waals surface area contributed by atoms with Gasteiger partial charge in [0.2, 0.25) is 0 Å². The lowest BCUT2D eigenvalue weighted by molar-refractivity contribution is -0.139. The van der Waals surface area contributed by atoms with E-state index < -0.39 is 0 Å². The lowest BCUT2D eigenvalue weighted by Gasteiger charge is -2.11. The van der Waals surface area contributed by atoms with E-state index in [1.54, 1.807) is 0 Å². The second kappa shape index (κ2) is 7.13. The van der Waals surface area contributed by atoms with Gasteiger partial charge >= 0.3 is 5.97 Å². The molecule has 0 atom stereocenters. The number of nitrogens with two attached hydrogens (primary N) is 1. The fourth-order valence-corrected chi connectivity index (χ4v) is 1.85. The van der Waals surface area contributed by atoms with Crippen LogP contribution in [0.5, 0.6) is 0 Å². The van der Waals surface area contributed by atoms with Crippen LogP contribution in [0.15, 0.2) is 27.8 Å². The zero-order valence-electron chi connectivity index (χ0n) is 10.3. The first kappa shape index (κ1) is 14.7. The van der Waals surface area contributed by atoms with Gasteiger partial charge in [-0.15, -0.1) is 0 Å². The molecule has 0 bridgehead atoms. The van der Waals surface area contributed by atoms with Crippen molar-refractivity contribution in [3.8, 4) is 0 Å². The summed E-state index contributed by atoms with van der Waals surface area (Å²) in [5.74, 6) is -0.370. The van der Waals surface area contributed by atoms with E-state index in [1.807, 2.05) is 18.2 Å². The molecule has 0 fully saturated rings. The Labute approximate surface area is 114 Å². The summed E-state index contributed by atoms with van der Waals surface area (Å²) in [5.41, 5.74) is 7.92. The smallest absolute Gasteiger partial charge is 0.303 e. The van der Waals surface area contributed by atoms with Crippen molar-refractivity contribution >= 4 is 27.6 Å². The highest BCUT2D eigenvalue weighted by Crippen LogP contribution is 2.17. The number of benzene rings is 1. The monoisotopic (exact) mass is 314 g/mol. The van der Waals surface area contributed by atoms with Crippen molar-refractivity contribution in [2.24, 2.45) is 10.9 Å². The van der Waals surface area contributed by atoms with Gasteiger partial charge in [-0.05, 0) is 17.7 Å². The molecule has 18 heavy (non-hydrogen) atoms. The van der Waals surface area contributed by atoms with E-state index in [0.29, 0.717) is 12.3 Å². The van der Waals surface area contributed by atoms with E-state index in [0.717, 1.165) is 15.6 Å². The molecule has 6 heteroatoms. The van der Waals surface area contributed by atoms with Gasteiger partial charge in [0.25, 0.3) is 0 Å². The first-order valence-electron chi connectivity index (χ1n) is 5.30. The minimum absolute atomic E-state index is 0.0534. The lowest BCUT2D eigenvalue weighted by Crippen LogP contribution is -2.16. The van der Waals surface area contributed by atoms with E-state index in [-0.39, 0.29) is 12.6 Å². The molecule has 0 aliphatic rings. The van der Waals surface area contributed by atoms with Gasteiger partial charge in [0.05, 0.1) is 0 Å². The quantitative estimate of drug-likeness (QED) is 0.511. The summed E-state index contributed by atoms with van der Waals surface area (Å²) in [4.78, 5) is 15.6. The molecule has 0 aromatic heterocycles. The Morgan fingerprint density at radius 2 is 2.22 bits per heavy atom. The fourth-order valence-electron chi connectivity index (χ4n) is 1.45. The van der Waals surface area contributed by atoms with Gasteiger partial charge in [0.1, 0.15) is 19.4 Å². The summed E-state index contributed by atoms with van der Waals surface area (Å²) < 4.78 is 5.87. The topological polar surface area (TPSA) is 73.9 Å². The molecule has 1 aromatic carbocycles. The number of esters is 1. The van der Waals surface area contributed by atoms with Gasteiger partial charge < -0.3 is 15.3 Å². The molecule has 0 amide bonds. The number of hydrogen-bond donors (Lipinski definition) is 1. The van der Waals surface area contributed by atoms with Crippen molar-refractivity contribution in [2.45, 2.75) is 13.5 Å². The third-order valence-electron chi connectivity index (χ3n) is 2.21. The van der Waals surface area contributed by atoms with Gasteiger partial charge in [-0.2, -0.15) is 0 Å². The summed E-state index contributed by atoms with van der Waals surface area (Å²) in [5, 5.41) is 3.87. The van der Waals surface area contributed by atoms with E-state index in [9.17, 15) is 4.79 Å². The number of hydrogen-bond acceptors (Lipinski definition) is 5. The number of halogens is 1. The van der Waals surface area contributed by atoms with Crippen molar-refractivity contribution in [3.63, 3.8) is 0 Å². The number of carbonyl (C=O) groups is 1. The average Bonchev–Trinajstić information content (AvgIpc) is 2.34. The molecule has 0 aliphatic carbocycles. The second-order valence-corrected chi connectivity index (χ2v) is 4.42. The minimum atomic E-state index is -0.370. The third-order valence-corrected chi connectivity index (χ3v) is 2.70. The lowest BCUT2D eigenvalue weighted by atomic mass is 10.0. The third kappa shape index (κ3) is 4.12. The highest BCUT2D eigenvalue weighted by Gasteiger charge is 2.11. The Kier molecular flexibility index (Phi) is 5.80. The molecule has 0 unspecified atom stereocenters. The molecule has 5 nitrogen and oxygen atoms in total. The summed E-state index contributed by atoms with van der Waals surface area (Å²) in [6, 6.07) is 5.62. The van der Waals surface area contributed by atoms with Gasteiger partial charge in [-0.25, -0.2) is 0 Å². The van der Waals surface area contributed by atoms with E-state index >= 15 is 0 Å². The SMILES string of the molecule is CON=C(COC(C)=O)c1ccc(Br)cc1CN. The molecule has 1 aromatic rings. The predicted molar refractivity (Wildman–Crippen MR) is 72.2 cm³/mol. The zero-order chi connectivity index (χ0) is 13.5. The normalized spacial score (nSPS) is 11.2. The van der Waals surface area contributed by atoms with Gasteiger partial charge in [-0.3, -0.25) is 4.79 Å². The van der Waals surface area contributed by atoms with Crippen molar-refractivity contribution in [3.05, 3.63) is 33.8 Å². The van der Waals surface area contributed by atoms with Crippen LogP contribution in [0, 0.1) is 0 Å². The van der Waals surface area contributed by atoms with Gasteiger partial charge in [0, 0.05) is 23.5 Å². The number of nitrogens with zero attached hydrogens (tertiary/aromatic N) is 1. The fraction of sp³-hybridized carbons (Fsp3) is 0.333. The number of carbonyl (C=O) groups excluding carboxylic acids is 1. The molecular formula is C12H15BrN2O3. The van der Waals surface area contributed by atoms with E-state index in [4.69, 9.17) is 15.3 Å². The highest BCUT2D eigenvalue weighted by atomic mass is 79.9. The molecule has 2 N–H and O–H groups in total. The second-order valence-electron chi connectivity index (χ2n) is 3.51. The van der Waals surface area contributed by atoms with Crippen LogP contribution < -0.4 is 5.73 Å². The minimum Gasteiger partial charge on any atom is -0.459 e. The van der Waals surface area contributed by atoms with Gasteiger partial charge in [0.15, 0.2) is 0 Å². The molecule has 98 valence electrons. The largest absolute Gasteiger partial charge is 0.459 e. The maximum absolute atomic E-state index is 10.8. The van der Waals surface area contributed by atoms with Crippen LogP contribution in [-0.2, 0) is 20.9 Å². The average molecular weight is 315 g/mol. The Balaban J connectivity index is 3.05. The first-order valence-corrected chi connectivity index (χ1v) is 6.10. The molecule has 1 rings (SSSR count). The Bertz CT molecular complexity index is 461. The zero-order valence-corrected chi connectivity index (χ0v) is 11.9. The number of rotatable bonds is 5. The predicted octanol–water partition coefficient (Wildman–Crippen LogP) is 1.82. The number of oxime groups is 1. The highest BCUT2D eigenvalue weighted by molar-refractivity contribution is 9.10. The molecule has 0 saturated carbocycles. The van der Waals surface area contributed by atoms with Crippen LogP contribution in [0.1, 0.15) is 18.1 Å². The Morgan fingerprint density at radius 1 is 1.50 bits per heavy atom. The maximum Gasteiger partial charge on any atom is 0.303 e. The van der Waals surface area contributed by atoms with Crippen LogP contribution in [0.3, 0.4) is 0 Å². The summed E-state index contributed by atoms with van der Waals surface area (Å²) in [6.45, 7) is 1.76. The molecule has 0 aliphatic heterocycles. The van der Waals surface area contributed by atoms with Gasteiger partial charge in [-0.1, -0.05) is 27.2 Å². The van der Waals surface area contributed by atoms with Crippen LogP contribution >= 0.6 is 15.9 Å². The summed E-state index contributed by atoms with van der Waals surface area (Å²) >= 11 is 3.38. The Morgan fingerprint density at radius 3 is 2.78 bits per heavy atom. The summed E-state index contributed by atoms with van der Waals surface area (Å²) in [6.07, 6.45) is 0. The molecule has 0 radical (unpaired) electrons. The van der Waals surface area contributed by atoms with Crippen LogP contribution in [0.2, 0.25) is 0 Å². The number of ether oxygens (including phenoxy) is 1. The van der Waals surface area contributed by atoms with Crippen LogP contribution in [-0.4, -0.2) is 25.4 Å². The first-order chi connectivity index (χ1) is 8.58. The standard InChI is InChI=1S/C12H15BrN2O3/c1-8(16)18-7-12(15-17-2)11-4-3-10(13)5-9(11)6-14/h3-5H,6-7,14H2,1-2H3. The van der Waals surface area contributed by atoms with Crippen LogP contribution in [0.25, 0.3) is 0 Å². The molecule has 0 spiro atoms. The van der Waals surface area contributed by atoms with E-state index in [1.165, 1.54) is 14.0 Å². The molecule has 0 heterocycles. The van der Waals surface area contributed by atoms with Crippen molar-refractivity contribution in [1.29, 1.82) is 0 Å².